The van der Waals surface area contributed by atoms with Crippen molar-refractivity contribution < 1.29 is 9.90 Å². The van der Waals surface area contributed by atoms with Gasteiger partial charge in [-0.15, -0.1) is 0 Å². The molecule has 0 saturated carbocycles. The second-order valence-electron chi connectivity index (χ2n) is 3.76. The number of aliphatic hydroxyl groups is 1. The minimum Gasteiger partial charge on any atom is -0.512 e. The lowest BCUT2D eigenvalue weighted by Crippen LogP contribution is -1.89. The fourth-order valence-corrected chi connectivity index (χ4v) is 1.39. The van der Waals surface area contributed by atoms with Gasteiger partial charge in [0.25, 0.3) is 0 Å². The van der Waals surface area contributed by atoms with Crippen LogP contribution in [0.15, 0.2) is 11.8 Å². The Balaban J connectivity index is 3.31. The first kappa shape index (κ1) is 13.2. The van der Waals surface area contributed by atoms with Crippen LogP contribution in [0.1, 0.15) is 58.8 Å². The second kappa shape index (κ2) is 8.79. The van der Waals surface area contributed by atoms with Crippen molar-refractivity contribution in [3.63, 3.8) is 0 Å². The highest BCUT2D eigenvalue weighted by Gasteiger charge is 1.96. The summed E-state index contributed by atoms with van der Waals surface area (Å²) in [4.78, 5) is 10.6. The first-order chi connectivity index (χ1) is 6.66. The van der Waals surface area contributed by atoms with Gasteiger partial charge in [-0.05, 0) is 13.3 Å². The van der Waals surface area contributed by atoms with Gasteiger partial charge in [0.05, 0.1) is 5.76 Å². The molecule has 0 atom stereocenters. The Bertz CT molecular complexity index is 183. The molecule has 0 spiro atoms. The second-order valence-corrected chi connectivity index (χ2v) is 3.76. The number of unbranched alkanes of at least 4 members (excludes halogenated alkanes) is 5. The summed E-state index contributed by atoms with van der Waals surface area (Å²) in [7, 11) is 0. The molecule has 0 aliphatic rings. The number of hydrogen-bond acceptors (Lipinski definition) is 2. The molecular weight excluding hydrogens is 176 g/mol. The molecule has 82 valence electrons. The van der Waals surface area contributed by atoms with E-state index in [9.17, 15) is 9.90 Å². The number of carbonyl (C=O) groups excluding carboxylic acids is 1. The molecule has 2 nitrogen and oxygen atoms in total. The zero-order valence-corrected chi connectivity index (χ0v) is 9.38. The summed E-state index contributed by atoms with van der Waals surface area (Å²) in [5.74, 6) is 0.154. The molecule has 0 fully saturated rings. The summed E-state index contributed by atoms with van der Waals surface area (Å²) in [5, 5.41) is 9.26. The maximum atomic E-state index is 10.6. The van der Waals surface area contributed by atoms with Crippen LogP contribution in [0.5, 0.6) is 0 Å². The molecule has 0 bridgehead atoms. The highest BCUT2D eigenvalue weighted by atomic mass is 16.3. The van der Waals surface area contributed by atoms with Gasteiger partial charge >= 0.3 is 0 Å². The largest absolute Gasteiger partial charge is 0.512 e. The van der Waals surface area contributed by atoms with Gasteiger partial charge in [-0.3, -0.25) is 4.79 Å². The fraction of sp³-hybridized carbons (Fsp3) is 0.750. The van der Waals surface area contributed by atoms with Crippen molar-refractivity contribution in [3.05, 3.63) is 11.8 Å². The molecule has 14 heavy (non-hydrogen) atoms. The van der Waals surface area contributed by atoms with Gasteiger partial charge in [0.1, 0.15) is 0 Å². The first-order valence-electron chi connectivity index (χ1n) is 5.57. The number of aliphatic hydroxyl groups excluding tert-OH is 1. The number of carbonyl (C=O) groups is 1. The molecule has 0 unspecified atom stereocenters. The van der Waals surface area contributed by atoms with Gasteiger partial charge in [-0.1, -0.05) is 39.0 Å². The summed E-state index contributed by atoms with van der Waals surface area (Å²) in [6.45, 7) is 3.65. The molecule has 0 saturated heterocycles. The van der Waals surface area contributed by atoms with E-state index < -0.39 is 0 Å². The summed E-state index contributed by atoms with van der Waals surface area (Å²) >= 11 is 0. The van der Waals surface area contributed by atoms with Crippen LogP contribution in [0.25, 0.3) is 0 Å². The molecule has 0 rings (SSSR count). The minimum atomic E-state index is -0.0755. The molecule has 0 aromatic heterocycles. The molecule has 0 amide bonds. The molecule has 0 heterocycles. The molecule has 0 aliphatic heterocycles. The van der Waals surface area contributed by atoms with Crippen LogP contribution in [0.3, 0.4) is 0 Å². The number of ketones is 1. The highest BCUT2D eigenvalue weighted by Crippen LogP contribution is 2.09. The van der Waals surface area contributed by atoms with Gasteiger partial charge in [-0.25, -0.2) is 0 Å². The van der Waals surface area contributed by atoms with Crippen LogP contribution in [-0.4, -0.2) is 10.9 Å². The topological polar surface area (TPSA) is 37.3 Å². The summed E-state index contributed by atoms with van der Waals surface area (Å²) in [6, 6.07) is 0. The third kappa shape index (κ3) is 9.30. The third-order valence-electron chi connectivity index (χ3n) is 2.16. The summed E-state index contributed by atoms with van der Waals surface area (Å²) < 4.78 is 0. The van der Waals surface area contributed by atoms with E-state index >= 15 is 0 Å². The first-order valence-corrected chi connectivity index (χ1v) is 5.57. The summed E-state index contributed by atoms with van der Waals surface area (Å²) in [6.07, 6.45) is 9.17. The van der Waals surface area contributed by atoms with E-state index in [4.69, 9.17) is 0 Å². The van der Waals surface area contributed by atoms with Crippen molar-refractivity contribution in [2.75, 3.05) is 0 Å². The standard InChI is InChI=1S/C12H22O2/c1-3-4-5-6-7-8-9-12(14)10-11(2)13/h10,14H,3-9H2,1-2H3/b12-10-. The lowest BCUT2D eigenvalue weighted by molar-refractivity contribution is -0.112. The molecule has 2 heteroatoms. The quantitative estimate of drug-likeness (QED) is 0.366. The Kier molecular flexibility index (Phi) is 8.30. The van der Waals surface area contributed by atoms with E-state index in [1.807, 2.05) is 0 Å². The highest BCUT2D eigenvalue weighted by molar-refractivity contribution is 5.87. The van der Waals surface area contributed by atoms with E-state index in [-0.39, 0.29) is 11.5 Å². The monoisotopic (exact) mass is 198 g/mol. The Labute approximate surface area is 87.0 Å². The molecule has 0 radical (unpaired) electrons. The Morgan fingerprint density at radius 1 is 1.14 bits per heavy atom. The van der Waals surface area contributed by atoms with E-state index in [0.717, 1.165) is 12.8 Å². The lowest BCUT2D eigenvalue weighted by atomic mass is 10.1. The lowest BCUT2D eigenvalue weighted by Gasteiger charge is -2.00. The van der Waals surface area contributed by atoms with Gasteiger partial charge in [0.2, 0.25) is 0 Å². The normalized spacial score (nSPS) is 11.7. The fourth-order valence-electron chi connectivity index (χ4n) is 1.39. The van der Waals surface area contributed by atoms with Crippen LogP contribution in [0.4, 0.5) is 0 Å². The van der Waals surface area contributed by atoms with Crippen molar-refractivity contribution >= 4 is 5.78 Å². The molecular formula is C12H22O2. The van der Waals surface area contributed by atoms with Crippen molar-refractivity contribution in [1.29, 1.82) is 0 Å². The Hall–Kier alpha value is -0.790. The van der Waals surface area contributed by atoms with E-state index in [1.54, 1.807) is 0 Å². The van der Waals surface area contributed by atoms with Crippen LogP contribution >= 0.6 is 0 Å². The minimum absolute atomic E-state index is 0.0755. The van der Waals surface area contributed by atoms with Crippen molar-refractivity contribution in [3.8, 4) is 0 Å². The average Bonchev–Trinajstić information content (AvgIpc) is 2.10. The smallest absolute Gasteiger partial charge is 0.155 e. The van der Waals surface area contributed by atoms with Gasteiger partial charge in [0.15, 0.2) is 5.78 Å². The maximum absolute atomic E-state index is 10.6. The number of rotatable bonds is 8. The molecule has 0 aromatic rings. The van der Waals surface area contributed by atoms with Crippen molar-refractivity contribution in [1.82, 2.24) is 0 Å². The number of hydrogen-bond donors (Lipinski definition) is 1. The zero-order valence-electron chi connectivity index (χ0n) is 9.38. The number of allylic oxidation sites excluding steroid dienone is 2. The molecule has 0 aliphatic carbocycles. The van der Waals surface area contributed by atoms with Crippen molar-refractivity contribution in [2.24, 2.45) is 0 Å². The van der Waals surface area contributed by atoms with Crippen LogP contribution in [-0.2, 0) is 4.79 Å². The van der Waals surface area contributed by atoms with Crippen molar-refractivity contribution in [2.45, 2.75) is 58.8 Å². The zero-order chi connectivity index (χ0) is 10.8. The molecule has 1 N–H and O–H groups in total. The Morgan fingerprint density at radius 2 is 1.71 bits per heavy atom. The summed E-state index contributed by atoms with van der Waals surface area (Å²) in [5.41, 5.74) is 0. The average molecular weight is 198 g/mol. The maximum Gasteiger partial charge on any atom is 0.155 e. The van der Waals surface area contributed by atoms with Crippen LogP contribution in [0, 0.1) is 0 Å². The predicted molar refractivity (Wildman–Crippen MR) is 59.4 cm³/mol. The van der Waals surface area contributed by atoms with Gasteiger partial charge in [-0.2, -0.15) is 0 Å². The van der Waals surface area contributed by atoms with Crippen LogP contribution in [0.2, 0.25) is 0 Å². The van der Waals surface area contributed by atoms with Gasteiger partial charge < -0.3 is 5.11 Å². The SMILES string of the molecule is CCCCCCCC/C(O)=C/C(C)=O. The predicted octanol–water partition coefficient (Wildman–Crippen LogP) is 3.77. The third-order valence-corrected chi connectivity index (χ3v) is 2.16. The van der Waals surface area contributed by atoms with Crippen LogP contribution < -0.4 is 0 Å². The van der Waals surface area contributed by atoms with E-state index in [2.05, 4.69) is 6.92 Å². The molecule has 0 aromatic carbocycles. The van der Waals surface area contributed by atoms with E-state index in [0.29, 0.717) is 6.42 Å². The van der Waals surface area contributed by atoms with E-state index in [1.165, 1.54) is 38.7 Å². The Morgan fingerprint density at radius 3 is 2.29 bits per heavy atom. The van der Waals surface area contributed by atoms with Gasteiger partial charge in [0, 0.05) is 12.5 Å².